The summed E-state index contributed by atoms with van der Waals surface area (Å²) in [7, 11) is 0. The van der Waals surface area contributed by atoms with E-state index in [0.29, 0.717) is 0 Å². The maximum absolute atomic E-state index is 11.2. The summed E-state index contributed by atoms with van der Waals surface area (Å²) in [5.41, 5.74) is 0. The third-order valence-electron chi connectivity index (χ3n) is 1.62. The third-order valence-corrected chi connectivity index (χ3v) is 4.46. The van der Waals surface area contributed by atoms with Crippen LogP contribution in [-0.4, -0.2) is 0 Å². The van der Waals surface area contributed by atoms with Crippen molar-refractivity contribution in [3.8, 4) is 0 Å². The molecule has 0 amide bonds. The van der Waals surface area contributed by atoms with E-state index in [1.165, 1.54) is 25.7 Å². The quantitative estimate of drug-likeness (QED) is 0.569. The summed E-state index contributed by atoms with van der Waals surface area (Å²) in [4.78, 5) is 0. The summed E-state index contributed by atoms with van der Waals surface area (Å²) in [6, 6.07) is 0. The van der Waals surface area contributed by atoms with Crippen LogP contribution in [0.4, 0.5) is 0 Å². The molecule has 0 aromatic heterocycles. The van der Waals surface area contributed by atoms with Crippen LogP contribution >= 0.6 is 0 Å². The molecule has 10 heavy (non-hydrogen) atoms. The van der Waals surface area contributed by atoms with Crippen LogP contribution in [0.5, 0.6) is 0 Å². The summed E-state index contributed by atoms with van der Waals surface area (Å²) >= 11 is -1.73. The second-order valence-electron chi connectivity index (χ2n) is 2.75. The average molecular weight is 178 g/mol. The predicted molar refractivity (Wildman–Crippen MR) is 40.1 cm³/mol. The molecule has 0 fully saturated rings. The summed E-state index contributed by atoms with van der Waals surface area (Å²) in [5, 5.41) is 0. The van der Waals surface area contributed by atoms with Crippen LogP contribution < -0.4 is 0 Å². The Morgan fingerprint density at radius 2 is 1.40 bits per heavy atom. The molecule has 0 aromatic rings. The van der Waals surface area contributed by atoms with Crippen molar-refractivity contribution in [2.75, 3.05) is 0 Å². The van der Waals surface area contributed by atoms with Gasteiger partial charge in [-0.1, -0.05) is 0 Å². The molecule has 0 rings (SSSR count). The molecule has 0 bridgehead atoms. The van der Waals surface area contributed by atoms with E-state index in [-0.39, 0.29) is 0 Å². The number of hydrogen-bond acceptors (Lipinski definition) is 1. The van der Waals surface area contributed by atoms with Gasteiger partial charge in [0.1, 0.15) is 0 Å². The van der Waals surface area contributed by atoms with Crippen molar-refractivity contribution >= 4 is 0 Å². The SMILES string of the molecule is CCC[CH2][Ti](=[O])[CH2]CCC. The number of unbranched alkanes of at least 4 members (excludes halogenated alkanes) is 2. The van der Waals surface area contributed by atoms with E-state index < -0.39 is 17.8 Å². The van der Waals surface area contributed by atoms with E-state index in [4.69, 9.17) is 0 Å². The van der Waals surface area contributed by atoms with Crippen molar-refractivity contribution < 1.29 is 21.2 Å². The molecule has 1 nitrogen and oxygen atoms in total. The Labute approximate surface area is 70.4 Å². The standard InChI is InChI=1S/2C4H9.O.Ti/c2*1-3-4-2;;/h2*1,3-4H2,2H3;;. The van der Waals surface area contributed by atoms with Gasteiger partial charge in [0, 0.05) is 0 Å². The van der Waals surface area contributed by atoms with Crippen molar-refractivity contribution in [2.24, 2.45) is 0 Å². The van der Waals surface area contributed by atoms with Crippen LogP contribution in [0.2, 0.25) is 9.45 Å². The molecule has 0 saturated heterocycles. The second-order valence-corrected chi connectivity index (χ2v) is 5.99. The summed E-state index contributed by atoms with van der Waals surface area (Å²) < 4.78 is 13.3. The molecular formula is C8H18OTi. The van der Waals surface area contributed by atoms with Gasteiger partial charge in [0.2, 0.25) is 0 Å². The molecule has 0 saturated carbocycles. The Morgan fingerprint density at radius 3 is 1.70 bits per heavy atom. The molecular weight excluding hydrogens is 160 g/mol. The van der Waals surface area contributed by atoms with Gasteiger partial charge in [-0.15, -0.1) is 0 Å². The van der Waals surface area contributed by atoms with E-state index in [9.17, 15) is 3.32 Å². The van der Waals surface area contributed by atoms with Gasteiger partial charge in [-0.25, -0.2) is 0 Å². The fourth-order valence-electron chi connectivity index (χ4n) is 0.873. The Bertz CT molecular complexity index is 81.3. The van der Waals surface area contributed by atoms with E-state index in [2.05, 4.69) is 13.8 Å². The normalized spacial score (nSPS) is 9.80. The first-order valence-electron chi connectivity index (χ1n) is 4.33. The molecule has 2 heteroatoms. The van der Waals surface area contributed by atoms with E-state index in [1.54, 1.807) is 0 Å². The Kier molecular flexibility index (Phi) is 8.01. The van der Waals surface area contributed by atoms with Gasteiger partial charge < -0.3 is 0 Å². The third kappa shape index (κ3) is 6.63. The van der Waals surface area contributed by atoms with Crippen LogP contribution in [0.1, 0.15) is 39.5 Å². The predicted octanol–water partition coefficient (Wildman–Crippen LogP) is 3.39. The maximum atomic E-state index is 11.2. The summed E-state index contributed by atoms with van der Waals surface area (Å²) in [6.45, 7) is 4.32. The molecule has 0 aliphatic heterocycles. The van der Waals surface area contributed by atoms with Gasteiger partial charge in [-0.05, 0) is 0 Å². The van der Waals surface area contributed by atoms with Crippen LogP contribution in [0.3, 0.4) is 0 Å². The van der Waals surface area contributed by atoms with Crippen molar-refractivity contribution in [3.05, 3.63) is 0 Å². The molecule has 0 aliphatic rings. The van der Waals surface area contributed by atoms with Gasteiger partial charge in [0.25, 0.3) is 0 Å². The number of rotatable bonds is 6. The van der Waals surface area contributed by atoms with Crippen LogP contribution in [-0.2, 0) is 21.2 Å². The molecule has 0 heterocycles. The molecule has 0 N–H and O–H groups in total. The van der Waals surface area contributed by atoms with Crippen molar-refractivity contribution in [1.29, 1.82) is 0 Å². The minimum atomic E-state index is -1.73. The van der Waals surface area contributed by atoms with Gasteiger partial charge >= 0.3 is 70.1 Å². The zero-order valence-electron chi connectivity index (χ0n) is 7.15. The second kappa shape index (κ2) is 7.62. The monoisotopic (exact) mass is 178 g/mol. The number of hydrogen-bond donors (Lipinski definition) is 0. The van der Waals surface area contributed by atoms with Gasteiger partial charge in [-0.2, -0.15) is 0 Å². The zero-order valence-corrected chi connectivity index (χ0v) is 8.71. The van der Waals surface area contributed by atoms with Crippen molar-refractivity contribution in [1.82, 2.24) is 0 Å². The Balaban J connectivity index is 3.09. The minimum absolute atomic E-state index is 1.05. The van der Waals surface area contributed by atoms with Crippen LogP contribution in [0.25, 0.3) is 0 Å². The molecule has 0 unspecified atom stereocenters. The van der Waals surface area contributed by atoms with Crippen LogP contribution in [0, 0.1) is 0 Å². The fourth-order valence-corrected chi connectivity index (χ4v) is 3.60. The molecule has 0 radical (unpaired) electrons. The Hall–Kier alpha value is 0.514. The van der Waals surface area contributed by atoms with E-state index >= 15 is 0 Å². The molecule has 0 atom stereocenters. The Morgan fingerprint density at radius 1 is 1.00 bits per heavy atom. The summed E-state index contributed by atoms with van der Waals surface area (Å²) in [6.07, 6.45) is 4.76. The first-order valence-corrected chi connectivity index (χ1v) is 7.17. The zero-order chi connectivity index (χ0) is 7.82. The van der Waals surface area contributed by atoms with E-state index in [0.717, 1.165) is 9.45 Å². The van der Waals surface area contributed by atoms with E-state index in [1.807, 2.05) is 0 Å². The molecule has 0 aliphatic carbocycles. The average Bonchev–Trinajstić information content (AvgIpc) is 1.97. The van der Waals surface area contributed by atoms with Crippen molar-refractivity contribution in [2.45, 2.75) is 49.0 Å². The fraction of sp³-hybridized carbons (Fsp3) is 1.00. The first kappa shape index (κ1) is 10.5. The summed E-state index contributed by atoms with van der Waals surface area (Å²) in [5.74, 6) is 0. The van der Waals surface area contributed by atoms with Crippen LogP contribution in [0.15, 0.2) is 0 Å². The molecule has 0 aromatic carbocycles. The van der Waals surface area contributed by atoms with Gasteiger partial charge in [0.15, 0.2) is 0 Å². The molecule has 0 spiro atoms. The van der Waals surface area contributed by atoms with Gasteiger partial charge in [0.05, 0.1) is 0 Å². The first-order chi connectivity index (χ1) is 4.81. The van der Waals surface area contributed by atoms with Gasteiger partial charge in [-0.3, -0.25) is 0 Å². The molecule has 60 valence electrons. The van der Waals surface area contributed by atoms with Crippen molar-refractivity contribution in [3.63, 3.8) is 0 Å². The topological polar surface area (TPSA) is 17.1 Å².